The van der Waals surface area contributed by atoms with Crippen molar-refractivity contribution < 1.29 is 4.79 Å². The standard InChI is InChI=1S/C15H25N3O/c1-5-13(16)15(18(4)10-14(19)17-3)12-8-6-11(2)7-9-12/h6-9,13,15H,5,10,16H2,1-4H3,(H,17,19). The molecule has 0 heterocycles. The van der Waals surface area contributed by atoms with Crippen LogP contribution in [0, 0.1) is 6.92 Å². The van der Waals surface area contributed by atoms with Crippen molar-refractivity contribution in [2.75, 3.05) is 20.6 Å². The van der Waals surface area contributed by atoms with Crippen molar-refractivity contribution in [3.63, 3.8) is 0 Å². The average Bonchev–Trinajstić information content (AvgIpc) is 2.40. The number of amides is 1. The molecule has 1 amide bonds. The van der Waals surface area contributed by atoms with E-state index in [1.165, 1.54) is 5.56 Å². The Kier molecular flexibility index (Phi) is 5.99. The van der Waals surface area contributed by atoms with Crippen LogP contribution < -0.4 is 11.1 Å². The minimum atomic E-state index is 0.00270. The molecular formula is C15H25N3O. The third kappa shape index (κ3) is 4.33. The number of rotatable bonds is 6. The molecule has 4 nitrogen and oxygen atoms in total. The van der Waals surface area contributed by atoms with Gasteiger partial charge in [-0.25, -0.2) is 0 Å². The van der Waals surface area contributed by atoms with Gasteiger partial charge in [0.05, 0.1) is 12.6 Å². The highest BCUT2D eigenvalue weighted by Gasteiger charge is 2.24. The molecule has 0 radical (unpaired) electrons. The topological polar surface area (TPSA) is 58.4 Å². The average molecular weight is 263 g/mol. The van der Waals surface area contributed by atoms with Gasteiger partial charge in [0.15, 0.2) is 0 Å². The minimum absolute atomic E-state index is 0.00270. The summed E-state index contributed by atoms with van der Waals surface area (Å²) < 4.78 is 0. The van der Waals surface area contributed by atoms with Crippen molar-refractivity contribution >= 4 is 5.91 Å². The zero-order valence-corrected chi connectivity index (χ0v) is 12.3. The van der Waals surface area contributed by atoms with Crippen LogP contribution in [0.1, 0.15) is 30.5 Å². The Morgan fingerprint density at radius 1 is 1.37 bits per heavy atom. The summed E-state index contributed by atoms with van der Waals surface area (Å²) in [6, 6.07) is 8.42. The Labute approximate surface area is 116 Å². The molecule has 0 aromatic heterocycles. The molecule has 3 N–H and O–H groups in total. The maximum absolute atomic E-state index is 11.5. The number of hydrogen-bond donors (Lipinski definition) is 2. The summed E-state index contributed by atoms with van der Waals surface area (Å²) in [7, 11) is 3.59. The largest absolute Gasteiger partial charge is 0.358 e. The number of benzene rings is 1. The molecule has 2 atom stereocenters. The third-order valence-corrected chi connectivity index (χ3v) is 3.44. The second kappa shape index (κ2) is 7.26. The number of carbonyl (C=O) groups excluding carboxylic acids is 1. The van der Waals surface area contributed by atoms with Gasteiger partial charge in [0, 0.05) is 13.1 Å². The van der Waals surface area contributed by atoms with Crippen LogP contribution in [0.15, 0.2) is 24.3 Å². The van der Waals surface area contributed by atoms with Gasteiger partial charge in [0.1, 0.15) is 0 Å². The molecule has 0 aliphatic rings. The maximum atomic E-state index is 11.5. The van der Waals surface area contributed by atoms with Gasteiger partial charge in [-0.2, -0.15) is 0 Å². The fourth-order valence-electron chi connectivity index (χ4n) is 2.22. The van der Waals surface area contributed by atoms with Crippen molar-refractivity contribution in [2.45, 2.75) is 32.4 Å². The Balaban J connectivity index is 2.94. The Bertz CT molecular complexity index is 402. The van der Waals surface area contributed by atoms with E-state index in [9.17, 15) is 4.79 Å². The SMILES string of the molecule is CCC(N)C(c1ccc(C)cc1)N(C)CC(=O)NC. The fraction of sp³-hybridized carbons (Fsp3) is 0.533. The monoisotopic (exact) mass is 263 g/mol. The molecule has 106 valence electrons. The number of nitrogens with two attached hydrogens (primary N) is 1. The predicted molar refractivity (Wildman–Crippen MR) is 78.9 cm³/mol. The van der Waals surface area contributed by atoms with Gasteiger partial charge in [0.2, 0.25) is 5.91 Å². The van der Waals surface area contributed by atoms with Crippen LogP contribution >= 0.6 is 0 Å². The van der Waals surface area contributed by atoms with Crippen LogP contribution in [0.2, 0.25) is 0 Å². The summed E-state index contributed by atoms with van der Waals surface area (Å²) in [5.41, 5.74) is 8.61. The van der Waals surface area contributed by atoms with Gasteiger partial charge in [-0.3, -0.25) is 9.69 Å². The lowest BCUT2D eigenvalue weighted by Gasteiger charge is -2.32. The second-order valence-corrected chi connectivity index (χ2v) is 5.02. The molecule has 4 heteroatoms. The van der Waals surface area contributed by atoms with E-state index < -0.39 is 0 Å². The first kappa shape index (κ1) is 15.7. The molecule has 0 saturated heterocycles. The fourth-order valence-corrected chi connectivity index (χ4v) is 2.22. The van der Waals surface area contributed by atoms with Gasteiger partial charge in [-0.1, -0.05) is 36.8 Å². The highest BCUT2D eigenvalue weighted by molar-refractivity contribution is 5.77. The minimum Gasteiger partial charge on any atom is -0.358 e. The van der Waals surface area contributed by atoms with Gasteiger partial charge in [-0.15, -0.1) is 0 Å². The van der Waals surface area contributed by atoms with E-state index in [4.69, 9.17) is 5.73 Å². The molecule has 0 spiro atoms. The number of hydrogen-bond acceptors (Lipinski definition) is 3. The van der Waals surface area contributed by atoms with E-state index in [0.717, 1.165) is 12.0 Å². The molecule has 0 bridgehead atoms. The first-order valence-electron chi connectivity index (χ1n) is 6.72. The van der Waals surface area contributed by atoms with Crippen LogP contribution in [-0.4, -0.2) is 37.5 Å². The molecule has 2 unspecified atom stereocenters. The molecule has 1 aromatic rings. The molecule has 19 heavy (non-hydrogen) atoms. The molecule has 1 rings (SSSR count). The van der Waals surface area contributed by atoms with E-state index in [0.29, 0.717) is 6.54 Å². The Morgan fingerprint density at radius 3 is 2.42 bits per heavy atom. The summed E-state index contributed by atoms with van der Waals surface area (Å²) in [6.45, 7) is 4.48. The van der Waals surface area contributed by atoms with Gasteiger partial charge >= 0.3 is 0 Å². The normalized spacial score (nSPS) is 14.2. The first-order chi connectivity index (χ1) is 8.99. The lowest BCUT2D eigenvalue weighted by Crippen LogP contribution is -2.43. The number of nitrogens with one attached hydrogen (secondary N) is 1. The molecule has 0 aliphatic heterocycles. The summed E-state index contributed by atoms with van der Waals surface area (Å²) in [5, 5.41) is 2.65. The quantitative estimate of drug-likeness (QED) is 0.817. The van der Waals surface area contributed by atoms with E-state index in [1.807, 2.05) is 11.9 Å². The Morgan fingerprint density at radius 2 is 1.95 bits per heavy atom. The predicted octanol–water partition coefficient (Wildman–Crippen LogP) is 1.45. The van der Waals surface area contributed by atoms with Crippen molar-refractivity contribution in [1.82, 2.24) is 10.2 Å². The van der Waals surface area contributed by atoms with Crippen LogP contribution in [0.25, 0.3) is 0 Å². The summed E-state index contributed by atoms with van der Waals surface area (Å²) >= 11 is 0. The Hall–Kier alpha value is -1.39. The zero-order valence-electron chi connectivity index (χ0n) is 12.3. The highest BCUT2D eigenvalue weighted by atomic mass is 16.1. The van der Waals surface area contributed by atoms with Crippen molar-refractivity contribution in [1.29, 1.82) is 0 Å². The smallest absolute Gasteiger partial charge is 0.233 e. The number of nitrogens with zero attached hydrogens (tertiary/aromatic N) is 1. The highest BCUT2D eigenvalue weighted by Crippen LogP contribution is 2.24. The maximum Gasteiger partial charge on any atom is 0.233 e. The second-order valence-electron chi connectivity index (χ2n) is 5.02. The summed E-state index contributed by atoms with van der Waals surface area (Å²) in [4.78, 5) is 13.5. The van der Waals surface area contributed by atoms with E-state index in [2.05, 4.69) is 43.4 Å². The van der Waals surface area contributed by atoms with Crippen molar-refractivity contribution in [2.24, 2.45) is 5.73 Å². The van der Waals surface area contributed by atoms with Gasteiger partial charge in [0.25, 0.3) is 0 Å². The van der Waals surface area contributed by atoms with E-state index >= 15 is 0 Å². The van der Waals surface area contributed by atoms with Crippen LogP contribution in [0.4, 0.5) is 0 Å². The zero-order chi connectivity index (χ0) is 14.4. The van der Waals surface area contributed by atoms with E-state index in [-0.39, 0.29) is 18.0 Å². The van der Waals surface area contributed by atoms with Crippen molar-refractivity contribution in [3.05, 3.63) is 35.4 Å². The number of aryl methyl sites for hydroxylation is 1. The van der Waals surface area contributed by atoms with Crippen LogP contribution in [-0.2, 0) is 4.79 Å². The molecular weight excluding hydrogens is 238 g/mol. The lowest BCUT2D eigenvalue weighted by molar-refractivity contribution is -0.122. The number of likely N-dealkylation sites (N-methyl/N-ethyl adjacent to an activating group) is 2. The van der Waals surface area contributed by atoms with Gasteiger partial charge < -0.3 is 11.1 Å². The molecule has 1 aromatic carbocycles. The lowest BCUT2D eigenvalue weighted by atomic mass is 9.96. The first-order valence-corrected chi connectivity index (χ1v) is 6.72. The van der Waals surface area contributed by atoms with Crippen LogP contribution in [0.3, 0.4) is 0 Å². The van der Waals surface area contributed by atoms with Crippen LogP contribution in [0.5, 0.6) is 0 Å². The molecule has 0 saturated carbocycles. The third-order valence-electron chi connectivity index (χ3n) is 3.44. The number of carbonyl (C=O) groups is 1. The molecule has 0 aliphatic carbocycles. The van der Waals surface area contributed by atoms with Gasteiger partial charge in [-0.05, 0) is 26.0 Å². The van der Waals surface area contributed by atoms with E-state index in [1.54, 1.807) is 7.05 Å². The van der Waals surface area contributed by atoms with Crippen molar-refractivity contribution in [3.8, 4) is 0 Å². The summed E-state index contributed by atoms with van der Waals surface area (Å²) in [6.07, 6.45) is 0.872. The molecule has 0 fully saturated rings. The summed E-state index contributed by atoms with van der Waals surface area (Å²) in [5.74, 6) is 0.00270.